The van der Waals surface area contributed by atoms with E-state index in [2.05, 4.69) is 17.6 Å². The van der Waals surface area contributed by atoms with Gasteiger partial charge in [0, 0.05) is 16.6 Å². The molecule has 0 radical (unpaired) electrons. The minimum Gasteiger partial charge on any atom is -0.484 e. The summed E-state index contributed by atoms with van der Waals surface area (Å²) < 4.78 is 11.1. The van der Waals surface area contributed by atoms with Gasteiger partial charge in [0.15, 0.2) is 6.61 Å². The van der Waals surface area contributed by atoms with Crippen molar-refractivity contribution in [3.05, 3.63) is 29.3 Å². The van der Waals surface area contributed by atoms with Crippen molar-refractivity contribution in [1.29, 1.82) is 0 Å². The smallest absolute Gasteiger partial charge is 0.258 e. The zero-order valence-corrected chi connectivity index (χ0v) is 16.8. The number of ether oxygens (including phenoxy) is 2. The molecule has 1 aromatic carbocycles. The van der Waals surface area contributed by atoms with Crippen molar-refractivity contribution in [2.45, 2.75) is 56.7 Å². The van der Waals surface area contributed by atoms with Crippen molar-refractivity contribution in [2.24, 2.45) is 11.8 Å². The van der Waals surface area contributed by atoms with Crippen LogP contribution >= 0.6 is 11.6 Å². The van der Waals surface area contributed by atoms with Crippen LogP contribution in [0.5, 0.6) is 5.75 Å². The van der Waals surface area contributed by atoms with Crippen LogP contribution in [0.25, 0.3) is 0 Å². The molecule has 7 heteroatoms. The molecule has 0 spiro atoms. The van der Waals surface area contributed by atoms with E-state index in [0.717, 1.165) is 32.1 Å². The molecule has 0 aromatic heterocycles. The number of carbonyl (C=O) groups is 2. The normalized spacial score (nSPS) is 32.8. The van der Waals surface area contributed by atoms with E-state index < -0.39 is 0 Å². The van der Waals surface area contributed by atoms with Crippen LogP contribution in [0.3, 0.4) is 0 Å². The van der Waals surface area contributed by atoms with Crippen molar-refractivity contribution in [1.82, 2.24) is 10.6 Å². The minimum atomic E-state index is -0.201. The molecule has 2 amide bonds. The Kier molecular flexibility index (Phi) is 5.52. The molecule has 1 aromatic rings. The molecule has 0 saturated heterocycles. The summed E-state index contributed by atoms with van der Waals surface area (Å²) in [5.74, 6) is 1.57. The van der Waals surface area contributed by atoms with Gasteiger partial charge in [-0.15, -0.1) is 0 Å². The van der Waals surface area contributed by atoms with E-state index in [-0.39, 0.29) is 42.7 Å². The number of hydrogen-bond acceptors (Lipinski definition) is 4. The quantitative estimate of drug-likeness (QED) is 0.695. The first-order valence-electron chi connectivity index (χ1n) is 10.0. The van der Waals surface area contributed by atoms with E-state index in [4.69, 9.17) is 21.1 Å². The Hall–Kier alpha value is -1.79. The minimum absolute atomic E-state index is 0.0290. The topological polar surface area (TPSA) is 76.7 Å². The first-order chi connectivity index (χ1) is 13.4. The van der Waals surface area contributed by atoms with Gasteiger partial charge >= 0.3 is 0 Å². The van der Waals surface area contributed by atoms with Gasteiger partial charge in [0.05, 0.1) is 6.10 Å². The van der Waals surface area contributed by atoms with Crippen LogP contribution in [0.15, 0.2) is 24.3 Å². The van der Waals surface area contributed by atoms with E-state index in [9.17, 15) is 9.59 Å². The fourth-order valence-electron chi connectivity index (χ4n) is 4.72. The summed E-state index contributed by atoms with van der Waals surface area (Å²) in [6.45, 7) is 2.30. The predicted molar refractivity (Wildman–Crippen MR) is 105 cm³/mol. The largest absolute Gasteiger partial charge is 0.484 e. The maximum Gasteiger partial charge on any atom is 0.258 e. The SMILES string of the molecule is C[C@H]1C[C@H](OCC(=O)NC2CC3(NC(=O)COc4ccc(Cl)cc4)CC2C3)C1. The average Bonchev–Trinajstić information content (AvgIpc) is 3.10. The van der Waals surface area contributed by atoms with E-state index >= 15 is 0 Å². The number of rotatable bonds is 8. The van der Waals surface area contributed by atoms with Gasteiger partial charge in [-0.25, -0.2) is 0 Å². The molecule has 1 atom stereocenters. The molecule has 28 heavy (non-hydrogen) atoms. The van der Waals surface area contributed by atoms with Gasteiger partial charge in [0.25, 0.3) is 5.91 Å². The average molecular weight is 407 g/mol. The van der Waals surface area contributed by atoms with Gasteiger partial charge in [0.1, 0.15) is 12.4 Å². The van der Waals surface area contributed by atoms with Crippen LogP contribution in [0.4, 0.5) is 0 Å². The molecule has 0 aliphatic heterocycles. The van der Waals surface area contributed by atoms with Crippen LogP contribution in [0, 0.1) is 11.8 Å². The van der Waals surface area contributed by atoms with Crippen LogP contribution in [-0.2, 0) is 14.3 Å². The van der Waals surface area contributed by atoms with Gasteiger partial charge in [-0.1, -0.05) is 18.5 Å². The predicted octanol–water partition coefficient (Wildman–Crippen LogP) is 2.69. The standard InChI is InChI=1S/C21H27ClN2O4/c1-13-6-17(7-13)28-11-19(25)23-18-10-21(8-14(18)9-21)24-20(26)12-27-16-4-2-15(22)3-5-16/h2-5,13-14,17-18H,6-12H2,1H3,(H,23,25)(H,24,26)/t13-,14?,17-,18?,21?. The molecule has 5 rings (SSSR count). The second kappa shape index (κ2) is 7.91. The zero-order valence-electron chi connectivity index (χ0n) is 16.1. The summed E-state index contributed by atoms with van der Waals surface area (Å²) in [5.41, 5.74) is -0.201. The van der Waals surface area contributed by atoms with Crippen molar-refractivity contribution in [2.75, 3.05) is 13.2 Å². The van der Waals surface area contributed by atoms with Crippen LogP contribution in [0.1, 0.15) is 39.0 Å². The fraction of sp³-hybridized carbons (Fsp3) is 0.619. The number of carbonyl (C=O) groups excluding carboxylic acids is 2. The third-order valence-electron chi connectivity index (χ3n) is 6.20. The van der Waals surface area contributed by atoms with Crippen LogP contribution < -0.4 is 15.4 Å². The van der Waals surface area contributed by atoms with Crippen LogP contribution in [0.2, 0.25) is 5.02 Å². The van der Waals surface area contributed by atoms with Crippen LogP contribution in [-0.4, -0.2) is 42.7 Å². The highest BCUT2D eigenvalue weighted by molar-refractivity contribution is 6.30. The molecule has 4 aliphatic rings. The van der Waals surface area contributed by atoms with E-state index in [0.29, 0.717) is 22.6 Å². The molecule has 6 nitrogen and oxygen atoms in total. The van der Waals surface area contributed by atoms with Gasteiger partial charge in [-0.05, 0) is 68.2 Å². The Bertz CT molecular complexity index is 726. The molecular formula is C21H27ClN2O4. The summed E-state index contributed by atoms with van der Waals surface area (Å²) in [6.07, 6.45) is 4.93. The monoisotopic (exact) mass is 406 g/mol. The highest BCUT2D eigenvalue weighted by Gasteiger charge is 2.57. The molecule has 4 saturated carbocycles. The number of benzene rings is 1. The Labute approximate surface area is 170 Å². The highest BCUT2D eigenvalue weighted by Crippen LogP contribution is 2.52. The lowest BCUT2D eigenvalue weighted by Gasteiger charge is -2.39. The van der Waals surface area contributed by atoms with Crippen molar-refractivity contribution >= 4 is 23.4 Å². The number of amides is 2. The summed E-state index contributed by atoms with van der Waals surface area (Å²) in [4.78, 5) is 24.4. The van der Waals surface area contributed by atoms with Crippen molar-refractivity contribution in [3.63, 3.8) is 0 Å². The summed E-state index contributed by atoms with van der Waals surface area (Å²) in [5, 5.41) is 6.82. The van der Waals surface area contributed by atoms with Crippen molar-refractivity contribution < 1.29 is 19.1 Å². The fourth-order valence-corrected chi connectivity index (χ4v) is 4.85. The Morgan fingerprint density at radius 2 is 1.82 bits per heavy atom. The number of nitrogens with one attached hydrogen (secondary N) is 2. The molecule has 4 aliphatic carbocycles. The van der Waals surface area contributed by atoms with E-state index in [1.54, 1.807) is 24.3 Å². The third-order valence-corrected chi connectivity index (χ3v) is 6.45. The maximum atomic E-state index is 12.3. The zero-order chi connectivity index (χ0) is 19.7. The van der Waals surface area contributed by atoms with Gasteiger partial charge in [-0.3, -0.25) is 9.59 Å². The lowest BCUT2D eigenvalue weighted by molar-refractivity contribution is -0.131. The molecule has 0 heterocycles. The molecule has 1 unspecified atom stereocenters. The third kappa shape index (κ3) is 4.44. The highest BCUT2D eigenvalue weighted by atomic mass is 35.5. The lowest BCUT2D eigenvalue weighted by Crippen LogP contribution is -2.53. The molecular weight excluding hydrogens is 380 g/mol. The molecule has 2 bridgehead atoms. The Balaban J connectivity index is 1.17. The van der Waals surface area contributed by atoms with Gasteiger partial charge < -0.3 is 20.1 Å². The first kappa shape index (κ1) is 19.5. The van der Waals surface area contributed by atoms with E-state index in [1.165, 1.54) is 0 Å². The molecule has 152 valence electrons. The number of hydrogen-bond donors (Lipinski definition) is 2. The summed E-state index contributed by atoms with van der Waals surface area (Å²) in [6, 6.07) is 7.04. The number of fused-ring (bicyclic) bond motifs is 1. The van der Waals surface area contributed by atoms with E-state index in [1.807, 2.05) is 0 Å². The second-order valence-electron chi connectivity index (χ2n) is 8.63. The second-order valence-corrected chi connectivity index (χ2v) is 9.06. The maximum absolute atomic E-state index is 12.3. The number of halogens is 1. The summed E-state index contributed by atoms with van der Waals surface area (Å²) >= 11 is 5.84. The Morgan fingerprint density at radius 1 is 1.11 bits per heavy atom. The van der Waals surface area contributed by atoms with Crippen molar-refractivity contribution in [3.8, 4) is 5.75 Å². The molecule has 4 fully saturated rings. The Morgan fingerprint density at radius 3 is 2.50 bits per heavy atom. The molecule has 2 N–H and O–H groups in total. The van der Waals surface area contributed by atoms with Gasteiger partial charge in [-0.2, -0.15) is 0 Å². The first-order valence-corrected chi connectivity index (χ1v) is 10.4. The summed E-state index contributed by atoms with van der Waals surface area (Å²) in [7, 11) is 0. The lowest BCUT2D eigenvalue weighted by atomic mass is 9.76. The van der Waals surface area contributed by atoms with Gasteiger partial charge in [0.2, 0.25) is 5.91 Å².